The van der Waals surface area contributed by atoms with Crippen LogP contribution in [-0.4, -0.2) is 17.7 Å². The minimum absolute atomic E-state index is 0.759. The van der Waals surface area contributed by atoms with Gasteiger partial charge < -0.3 is 15.6 Å². The highest BCUT2D eigenvalue weighted by molar-refractivity contribution is 5.85. The van der Waals surface area contributed by atoms with E-state index in [-0.39, 0.29) is 0 Å². The summed E-state index contributed by atoms with van der Waals surface area (Å²) in [6.07, 6.45) is 2.19. The molecule has 1 aliphatic rings. The number of aromatic nitrogens is 1. The molecular weight excluding hydrogens is 210 g/mol. The Morgan fingerprint density at radius 2 is 2.18 bits per heavy atom. The second kappa shape index (κ2) is 4.51. The van der Waals surface area contributed by atoms with Crippen molar-refractivity contribution in [3.63, 3.8) is 0 Å². The largest absolute Gasteiger partial charge is 0.343 e. The topological polar surface area (TPSA) is 43.0 Å². The Kier molecular flexibility index (Phi) is 2.87. The van der Waals surface area contributed by atoms with E-state index in [1.54, 1.807) is 0 Å². The van der Waals surface area contributed by atoms with Gasteiger partial charge in [-0.2, -0.15) is 0 Å². The summed E-state index contributed by atoms with van der Waals surface area (Å²) in [6, 6.07) is 8.74. The van der Waals surface area contributed by atoms with Crippen LogP contribution in [0.1, 0.15) is 17.7 Å². The van der Waals surface area contributed by atoms with Crippen molar-refractivity contribution >= 4 is 10.9 Å². The first-order valence-corrected chi connectivity index (χ1v) is 6.41. The summed E-state index contributed by atoms with van der Waals surface area (Å²) in [5.41, 5.74) is 10.0. The second-order valence-corrected chi connectivity index (χ2v) is 4.66. The van der Waals surface area contributed by atoms with Crippen molar-refractivity contribution in [3.05, 3.63) is 35.5 Å². The molecule has 0 fully saturated rings. The number of hydrogen-bond acceptors (Lipinski definition) is 2. The van der Waals surface area contributed by atoms with Gasteiger partial charge in [-0.25, -0.2) is 0 Å². The van der Waals surface area contributed by atoms with E-state index in [1.165, 1.54) is 22.2 Å². The van der Waals surface area contributed by atoms with Crippen LogP contribution >= 0.6 is 0 Å². The van der Waals surface area contributed by atoms with Gasteiger partial charge in [0.1, 0.15) is 0 Å². The lowest BCUT2D eigenvalue weighted by molar-refractivity contribution is 0.573. The molecule has 0 atom stereocenters. The van der Waals surface area contributed by atoms with Gasteiger partial charge in [-0.1, -0.05) is 18.2 Å². The van der Waals surface area contributed by atoms with Gasteiger partial charge in [0.2, 0.25) is 0 Å². The molecule has 3 N–H and O–H groups in total. The van der Waals surface area contributed by atoms with Gasteiger partial charge in [-0.3, -0.25) is 0 Å². The van der Waals surface area contributed by atoms with Gasteiger partial charge in [-0.15, -0.1) is 0 Å². The van der Waals surface area contributed by atoms with Crippen LogP contribution in [0.4, 0.5) is 0 Å². The summed E-state index contributed by atoms with van der Waals surface area (Å²) in [5.74, 6) is 0. The Morgan fingerprint density at radius 1 is 1.29 bits per heavy atom. The molecule has 0 saturated heterocycles. The molecule has 0 unspecified atom stereocenters. The summed E-state index contributed by atoms with van der Waals surface area (Å²) in [4.78, 5) is 0. The predicted octanol–water partition coefficient (Wildman–Crippen LogP) is 1.64. The van der Waals surface area contributed by atoms with E-state index in [0.29, 0.717) is 0 Å². The van der Waals surface area contributed by atoms with E-state index in [4.69, 9.17) is 5.73 Å². The minimum Gasteiger partial charge on any atom is -0.343 e. The first-order chi connectivity index (χ1) is 8.42. The molecule has 2 aromatic rings. The van der Waals surface area contributed by atoms with Crippen molar-refractivity contribution in [2.24, 2.45) is 5.73 Å². The van der Waals surface area contributed by atoms with E-state index in [9.17, 15) is 0 Å². The van der Waals surface area contributed by atoms with Crippen LogP contribution in [0.15, 0.2) is 24.3 Å². The van der Waals surface area contributed by atoms with Crippen molar-refractivity contribution < 1.29 is 0 Å². The maximum atomic E-state index is 5.64. The van der Waals surface area contributed by atoms with Crippen LogP contribution in [0.25, 0.3) is 10.9 Å². The van der Waals surface area contributed by atoms with Gasteiger partial charge in [0.25, 0.3) is 0 Å². The van der Waals surface area contributed by atoms with E-state index < -0.39 is 0 Å². The lowest BCUT2D eigenvalue weighted by Gasteiger charge is -2.17. The predicted molar refractivity (Wildman–Crippen MR) is 71.0 cm³/mol. The third kappa shape index (κ3) is 1.75. The van der Waals surface area contributed by atoms with Gasteiger partial charge in [0, 0.05) is 29.7 Å². The van der Waals surface area contributed by atoms with Crippen LogP contribution in [0, 0.1) is 0 Å². The molecule has 1 aromatic heterocycles. The molecule has 17 heavy (non-hydrogen) atoms. The Labute approximate surface area is 102 Å². The SMILES string of the molecule is NCCCn1c2c(c3ccccc31)CCNC2. The summed E-state index contributed by atoms with van der Waals surface area (Å²) in [7, 11) is 0. The normalized spacial score (nSPS) is 15.1. The van der Waals surface area contributed by atoms with Crippen LogP contribution in [0.5, 0.6) is 0 Å². The standard InChI is InChI=1S/C14H19N3/c15-7-3-9-17-13-5-2-1-4-11(13)12-6-8-16-10-14(12)17/h1-2,4-5,16H,3,6-10,15H2. The fourth-order valence-corrected chi connectivity index (χ4v) is 2.83. The Hall–Kier alpha value is -1.32. The molecule has 1 aliphatic heterocycles. The number of benzene rings is 1. The molecule has 1 aromatic carbocycles. The molecule has 0 bridgehead atoms. The molecule has 2 heterocycles. The van der Waals surface area contributed by atoms with E-state index >= 15 is 0 Å². The number of nitrogens with one attached hydrogen (secondary N) is 1. The molecule has 3 nitrogen and oxygen atoms in total. The molecule has 3 heteroatoms. The number of para-hydroxylation sites is 1. The zero-order valence-corrected chi connectivity index (χ0v) is 10.1. The highest BCUT2D eigenvalue weighted by Crippen LogP contribution is 2.28. The van der Waals surface area contributed by atoms with Crippen LogP contribution in [0.2, 0.25) is 0 Å². The molecule has 0 aliphatic carbocycles. The number of hydrogen-bond donors (Lipinski definition) is 2. The number of aryl methyl sites for hydroxylation is 1. The fourth-order valence-electron chi connectivity index (χ4n) is 2.83. The summed E-state index contributed by atoms with van der Waals surface area (Å²) >= 11 is 0. The first-order valence-electron chi connectivity index (χ1n) is 6.41. The lowest BCUT2D eigenvalue weighted by Crippen LogP contribution is -2.25. The van der Waals surface area contributed by atoms with Crippen LogP contribution in [-0.2, 0) is 19.5 Å². The molecular formula is C14H19N3. The van der Waals surface area contributed by atoms with E-state index in [2.05, 4.69) is 34.1 Å². The molecule has 3 rings (SSSR count). The van der Waals surface area contributed by atoms with Crippen molar-refractivity contribution in [3.8, 4) is 0 Å². The third-order valence-electron chi connectivity index (χ3n) is 3.62. The lowest BCUT2D eigenvalue weighted by atomic mass is 10.1. The molecule has 0 amide bonds. The number of nitrogens with two attached hydrogens (primary N) is 1. The number of fused-ring (bicyclic) bond motifs is 3. The summed E-state index contributed by atoms with van der Waals surface area (Å²) < 4.78 is 2.45. The smallest absolute Gasteiger partial charge is 0.0485 e. The molecule has 0 radical (unpaired) electrons. The van der Waals surface area contributed by atoms with E-state index in [1.807, 2.05) is 0 Å². The van der Waals surface area contributed by atoms with Crippen molar-refractivity contribution in [2.45, 2.75) is 25.9 Å². The Morgan fingerprint density at radius 3 is 3.06 bits per heavy atom. The average Bonchev–Trinajstić information content (AvgIpc) is 2.71. The summed E-state index contributed by atoms with van der Waals surface area (Å²) in [5, 5.41) is 4.90. The number of rotatable bonds is 3. The summed E-state index contributed by atoms with van der Waals surface area (Å²) in [6.45, 7) is 3.88. The highest BCUT2D eigenvalue weighted by atomic mass is 15.0. The van der Waals surface area contributed by atoms with Gasteiger partial charge in [0.15, 0.2) is 0 Å². The monoisotopic (exact) mass is 229 g/mol. The first kappa shape index (κ1) is 10.8. The fraction of sp³-hybridized carbons (Fsp3) is 0.429. The van der Waals surface area contributed by atoms with Crippen molar-refractivity contribution in [1.29, 1.82) is 0 Å². The van der Waals surface area contributed by atoms with Crippen molar-refractivity contribution in [2.75, 3.05) is 13.1 Å². The van der Waals surface area contributed by atoms with Gasteiger partial charge >= 0.3 is 0 Å². The number of nitrogens with zero attached hydrogens (tertiary/aromatic N) is 1. The molecule has 90 valence electrons. The van der Waals surface area contributed by atoms with E-state index in [0.717, 1.165) is 39.0 Å². The second-order valence-electron chi connectivity index (χ2n) is 4.66. The quantitative estimate of drug-likeness (QED) is 0.840. The average molecular weight is 229 g/mol. The molecule has 0 saturated carbocycles. The third-order valence-corrected chi connectivity index (χ3v) is 3.62. The minimum atomic E-state index is 0.759. The van der Waals surface area contributed by atoms with Crippen LogP contribution < -0.4 is 11.1 Å². The van der Waals surface area contributed by atoms with Gasteiger partial charge in [-0.05, 0) is 37.6 Å². The maximum absolute atomic E-state index is 5.64. The zero-order valence-electron chi connectivity index (χ0n) is 10.1. The van der Waals surface area contributed by atoms with Crippen LogP contribution in [0.3, 0.4) is 0 Å². The van der Waals surface area contributed by atoms with Crippen molar-refractivity contribution in [1.82, 2.24) is 9.88 Å². The zero-order chi connectivity index (χ0) is 11.7. The maximum Gasteiger partial charge on any atom is 0.0485 e. The molecule has 0 spiro atoms. The highest BCUT2D eigenvalue weighted by Gasteiger charge is 2.18. The Bertz CT molecular complexity index is 527. The van der Waals surface area contributed by atoms with Gasteiger partial charge in [0.05, 0.1) is 0 Å². The Balaban J connectivity index is 2.17.